The lowest BCUT2D eigenvalue weighted by Crippen LogP contribution is -2.19. The number of nitrogens with one attached hydrogen (secondary N) is 1. The summed E-state index contributed by atoms with van der Waals surface area (Å²) in [6.45, 7) is 5.91. The van der Waals surface area contributed by atoms with Crippen molar-refractivity contribution < 1.29 is 9.90 Å². The number of aliphatic carboxylic acids is 1. The summed E-state index contributed by atoms with van der Waals surface area (Å²) < 4.78 is 0. The lowest BCUT2D eigenvalue weighted by Gasteiger charge is -2.07. The summed E-state index contributed by atoms with van der Waals surface area (Å²) in [7, 11) is 0. The largest absolute Gasteiger partial charge is 0.481 e. The van der Waals surface area contributed by atoms with Crippen molar-refractivity contribution in [2.45, 2.75) is 44.6 Å². The number of hydrogen-bond acceptors (Lipinski definition) is 4. The Labute approximate surface area is 110 Å². The van der Waals surface area contributed by atoms with Gasteiger partial charge in [0.1, 0.15) is 5.82 Å². The zero-order valence-electron chi connectivity index (χ0n) is 10.8. The molecule has 6 heteroatoms. The Morgan fingerprint density at radius 2 is 2.17 bits per heavy atom. The van der Waals surface area contributed by atoms with Crippen LogP contribution in [0.1, 0.15) is 37.4 Å². The monoisotopic (exact) mass is 270 g/mol. The highest BCUT2D eigenvalue weighted by atomic mass is 32.2. The van der Waals surface area contributed by atoms with Crippen molar-refractivity contribution >= 4 is 17.7 Å². The van der Waals surface area contributed by atoms with E-state index in [9.17, 15) is 9.59 Å². The molecule has 0 fully saturated rings. The van der Waals surface area contributed by atoms with Gasteiger partial charge in [0.15, 0.2) is 0 Å². The zero-order chi connectivity index (χ0) is 13.7. The predicted molar refractivity (Wildman–Crippen MR) is 72.0 cm³/mol. The number of carboxylic acids is 1. The molecule has 0 aliphatic carbocycles. The van der Waals surface area contributed by atoms with E-state index >= 15 is 0 Å². The Hall–Kier alpha value is -1.30. The molecule has 1 heterocycles. The van der Waals surface area contributed by atoms with Gasteiger partial charge in [0, 0.05) is 17.7 Å². The summed E-state index contributed by atoms with van der Waals surface area (Å²) in [5, 5.41) is 9.09. The van der Waals surface area contributed by atoms with Crippen LogP contribution in [0.3, 0.4) is 0 Å². The number of rotatable bonds is 6. The molecule has 100 valence electrons. The molecule has 0 saturated heterocycles. The molecule has 0 atom stereocenters. The Balaban J connectivity index is 2.84. The Bertz CT molecular complexity index is 483. The van der Waals surface area contributed by atoms with Crippen LogP contribution in [-0.2, 0) is 17.0 Å². The van der Waals surface area contributed by atoms with Gasteiger partial charge in [-0.15, -0.1) is 0 Å². The van der Waals surface area contributed by atoms with E-state index in [-0.39, 0.29) is 18.4 Å². The van der Waals surface area contributed by atoms with E-state index in [0.29, 0.717) is 28.1 Å². The molecular weight excluding hydrogens is 252 g/mol. The number of aromatic amines is 1. The van der Waals surface area contributed by atoms with Crippen molar-refractivity contribution in [3.8, 4) is 0 Å². The van der Waals surface area contributed by atoms with Gasteiger partial charge in [-0.1, -0.05) is 13.8 Å². The molecule has 5 nitrogen and oxygen atoms in total. The number of aryl methyl sites for hydroxylation is 1. The summed E-state index contributed by atoms with van der Waals surface area (Å²) in [5.74, 6) is 0.399. The molecule has 1 aromatic heterocycles. The van der Waals surface area contributed by atoms with Crippen molar-refractivity contribution in [2.75, 3.05) is 0 Å². The number of hydrogen-bond donors (Lipinski definition) is 2. The SMILES string of the molecule is Cc1nc(CSC(C)C)[nH]c(=O)c1CCC(=O)O. The average Bonchev–Trinajstić information content (AvgIpc) is 2.24. The summed E-state index contributed by atoms with van der Waals surface area (Å²) in [4.78, 5) is 29.4. The molecule has 0 bridgehead atoms. The molecule has 0 aliphatic rings. The second-order valence-corrected chi connectivity index (χ2v) is 5.89. The standard InChI is InChI=1S/C12H18N2O3S/c1-7(2)18-6-10-13-8(3)9(12(17)14-10)4-5-11(15)16/h7H,4-6H2,1-3H3,(H,15,16)(H,13,14,17). The van der Waals surface area contributed by atoms with Gasteiger partial charge in [-0.2, -0.15) is 11.8 Å². The van der Waals surface area contributed by atoms with Crippen LogP contribution in [0.25, 0.3) is 0 Å². The predicted octanol–water partition coefficient (Wildman–Crippen LogP) is 1.74. The number of aromatic nitrogens is 2. The van der Waals surface area contributed by atoms with Gasteiger partial charge < -0.3 is 10.1 Å². The smallest absolute Gasteiger partial charge is 0.303 e. The maximum Gasteiger partial charge on any atom is 0.303 e. The third-order valence-electron chi connectivity index (χ3n) is 2.41. The van der Waals surface area contributed by atoms with Crippen molar-refractivity contribution in [3.63, 3.8) is 0 Å². The number of carbonyl (C=O) groups is 1. The molecule has 1 aromatic rings. The van der Waals surface area contributed by atoms with Crippen molar-refractivity contribution in [1.29, 1.82) is 0 Å². The van der Waals surface area contributed by atoms with Gasteiger partial charge in [-0.25, -0.2) is 4.98 Å². The van der Waals surface area contributed by atoms with Crippen LogP contribution < -0.4 is 5.56 Å². The first-order valence-corrected chi connectivity index (χ1v) is 6.87. The van der Waals surface area contributed by atoms with Crippen LogP contribution in [0, 0.1) is 6.92 Å². The van der Waals surface area contributed by atoms with Gasteiger partial charge in [-0.3, -0.25) is 9.59 Å². The van der Waals surface area contributed by atoms with Crippen LogP contribution in [0.15, 0.2) is 4.79 Å². The van der Waals surface area contributed by atoms with E-state index in [1.807, 2.05) is 0 Å². The molecule has 0 amide bonds. The first-order valence-electron chi connectivity index (χ1n) is 5.82. The molecular formula is C12H18N2O3S. The third-order valence-corrected chi connectivity index (χ3v) is 3.52. The first kappa shape index (κ1) is 14.8. The van der Waals surface area contributed by atoms with E-state index in [1.54, 1.807) is 18.7 Å². The lowest BCUT2D eigenvalue weighted by atomic mass is 10.1. The summed E-state index contributed by atoms with van der Waals surface area (Å²) >= 11 is 1.70. The average molecular weight is 270 g/mol. The van der Waals surface area contributed by atoms with Gasteiger partial charge >= 0.3 is 5.97 Å². The van der Waals surface area contributed by atoms with Crippen LogP contribution in [-0.4, -0.2) is 26.3 Å². The fraction of sp³-hybridized carbons (Fsp3) is 0.583. The lowest BCUT2D eigenvalue weighted by molar-refractivity contribution is -0.136. The van der Waals surface area contributed by atoms with Gasteiger partial charge in [0.2, 0.25) is 0 Å². The van der Waals surface area contributed by atoms with E-state index in [2.05, 4.69) is 23.8 Å². The van der Waals surface area contributed by atoms with Crippen molar-refractivity contribution in [3.05, 3.63) is 27.4 Å². The highest BCUT2D eigenvalue weighted by Crippen LogP contribution is 2.14. The third kappa shape index (κ3) is 4.52. The van der Waals surface area contributed by atoms with Crippen molar-refractivity contribution in [2.24, 2.45) is 0 Å². The summed E-state index contributed by atoms with van der Waals surface area (Å²) in [5.41, 5.74) is 0.873. The van der Waals surface area contributed by atoms with Crippen LogP contribution in [0.5, 0.6) is 0 Å². The molecule has 0 radical (unpaired) electrons. The molecule has 0 unspecified atom stereocenters. The molecule has 2 N–H and O–H groups in total. The fourth-order valence-electron chi connectivity index (χ4n) is 1.51. The normalized spacial score (nSPS) is 10.9. The molecule has 0 saturated carbocycles. The molecule has 18 heavy (non-hydrogen) atoms. The molecule has 0 aliphatic heterocycles. The second-order valence-electron chi connectivity index (χ2n) is 4.33. The number of nitrogens with zero attached hydrogens (tertiary/aromatic N) is 1. The van der Waals surface area contributed by atoms with Crippen LogP contribution in [0.2, 0.25) is 0 Å². The van der Waals surface area contributed by atoms with Gasteiger partial charge in [0.05, 0.1) is 5.75 Å². The van der Waals surface area contributed by atoms with Gasteiger partial charge in [-0.05, 0) is 18.6 Å². The molecule has 0 aromatic carbocycles. The van der Waals surface area contributed by atoms with Gasteiger partial charge in [0.25, 0.3) is 5.56 Å². The van der Waals surface area contributed by atoms with Crippen molar-refractivity contribution in [1.82, 2.24) is 9.97 Å². The van der Waals surface area contributed by atoms with E-state index in [0.717, 1.165) is 0 Å². The molecule has 1 rings (SSSR count). The second kappa shape index (κ2) is 6.58. The minimum Gasteiger partial charge on any atom is -0.481 e. The molecule has 0 spiro atoms. The zero-order valence-corrected chi connectivity index (χ0v) is 11.6. The topological polar surface area (TPSA) is 83.0 Å². The summed E-state index contributed by atoms with van der Waals surface area (Å²) in [6.07, 6.45) is 0.173. The Kier molecular flexibility index (Phi) is 5.40. The van der Waals surface area contributed by atoms with Crippen LogP contribution >= 0.6 is 11.8 Å². The number of thioether (sulfide) groups is 1. The number of H-pyrrole nitrogens is 1. The maximum absolute atomic E-state index is 11.8. The minimum atomic E-state index is -0.909. The fourth-order valence-corrected chi connectivity index (χ4v) is 2.14. The summed E-state index contributed by atoms with van der Waals surface area (Å²) in [6, 6.07) is 0. The Morgan fingerprint density at radius 3 is 2.67 bits per heavy atom. The quantitative estimate of drug-likeness (QED) is 0.822. The maximum atomic E-state index is 11.8. The highest BCUT2D eigenvalue weighted by Gasteiger charge is 2.10. The number of carboxylic acid groups (broad SMARTS) is 1. The first-order chi connectivity index (χ1) is 8.40. The Morgan fingerprint density at radius 1 is 1.50 bits per heavy atom. The van der Waals surface area contributed by atoms with E-state index in [4.69, 9.17) is 5.11 Å². The van der Waals surface area contributed by atoms with Crippen LogP contribution in [0.4, 0.5) is 0 Å². The highest BCUT2D eigenvalue weighted by molar-refractivity contribution is 7.99. The minimum absolute atomic E-state index is 0.0499. The van der Waals surface area contributed by atoms with E-state index in [1.165, 1.54) is 0 Å². The van der Waals surface area contributed by atoms with E-state index < -0.39 is 5.97 Å².